The lowest BCUT2D eigenvalue weighted by atomic mass is 9.60. The Hall–Kier alpha value is -1.71. The summed E-state index contributed by atoms with van der Waals surface area (Å²) in [5.41, 5.74) is 3.28. The third kappa shape index (κ3) is 4.63. The van der Waals surface area contributed by atoms with Gasteiger partial charge >= 0.3 is 0 Å². The first kappa shape index (κ1) is 23.0. The van der Waals surface area contributed by atoms with E-state index in [1.54, 1.807) is 6.08 Å². The molecule has 0 aromatic rings. The van der Waals surface area contributed by atoms with Crippen molar-refractivity contribution in [2.75, 3.05) is 0 Å². The SMILES string of the molecule is C=C1C(O)CC(=CC=C2CCCC3(C)C2CCC3C(C)C(=O)C=CC=CC)CC1O. The first-order chi connectivity index (χ1) is 14.3. The number of carbonyl (C=O) groups excluding carboxylic acids is 1. The molecule has 0 bridgehead atoms. The van der Waals surface area contributed by atoms with E-state index in [2.05, 4.69) is 32.6 Å². The van der Waals surface area contributed by atoms with Crippen molar-refractivity contribution in [1.82, 2.24) is 0 Å². The molecule has 3 rings (SSSR count). The Balaban J connectivity index is 1.76. The predicted molar refractivity (Wildman–Crippen MR) is 123 cm³/mol. The van der Waals surface area contributed by atoms with Crippen LogP contribution in [-0.2, 0) is 4.79 Å². The first-order valence-corrected chi connectivity index (χ1v) is 11.5. The Labute approximate surface area is 182 Å². The van der Waals surface area contributed by atoms with Crippen LogP contribution in [0, 0.1) is 23.2 Å². The van der Waals surface area contributed by atoms with E-state index in [1.165, 1.54) is 12.0 Å². The summed E-state index contributed by atoms with van der Waals surface area (Å²) < 4.78 is 0. The van der Waals surface area contributed by atoms with Crippen molar-refractivity contribution in [1.29, 1.82) is 0 Å². The molecule has 0 spiro atoms. The van der Waals surface area contributed by atoms with Crippen LogP contribution in [0.2, 0.25) is 0 Å². The summed E-state index contributed by atoms with van der Waals surface area (Å²) in [5.74, 6) is 1.23. The molecule has 0 aromatic heterocycles. The highest BCUT2D eigenvalue weighted by molar-refractivity contribution is 5.92. The van der Waals surface area contributed by atoms with Crippen LogP contribution in [0.3, 0.4) is 0 Å². The average Bonchev–Trinajstić information content (AvgIpc) is 3.07. The minimum atomic E-state index is -0.645. The maximum Gasteiger partial charge on any atom is 0.158 e. The van der Waals surface area contributed by atoms with E-state index in [-0.39, 0.29) is 17.1 Å². The van der Waals surface area contributed by atoms with Gasteiger partial charge in [-0.2, -0.15) is 0 Å². The van der Waals surface area contributed by atoms with Gasteiger partial charge in [-0.15, -0.1) is 0 Å². The molecule has 3 fully saturated rings. The number of ketones is 1. The van der Waals surface area contributed by atoms with Gasteiger partial charge < -0.3 is 10.2 Å². The van der Waals surface area contributed by atoms with Crippen LogP contribution in [-0.4, -0.2) is 28.2 Å². The maximum atomic E-state index is 12.7. The van der Waals surface area contributed by atoms with Crippen LogP contribution >= 0.6 is 0 Å². The van der Waals surface area contributed by atoms with Gasteiger partial charge in [0.05, 0.1) is 12.2 Å². The zero-order valence-corrected chi connectivity index (χ0v) is 18.8. The van der Waals surface area contributed by atoms with Gasteiger partial charge in [-0.3, -0.25) is 4.79 Å². The Morgan fingerprint density at radius 3 is 2.53 bits per heavy atom. The van der Waals surface area contributed by atoms with Crippen LogP contribution in [0.5, 0.6) is 0 Å². The summed E-state index contributed by atoms with van der Waals surface area (Å²) in [6.45, 7) is 10.3. The topological polar surface area (TPSA) is 57.5 Å². The molecule has 3 nitrogen and oxygen atoms in total. The number of aliphatic hydroxyl groups excluding tert-OH is 2. The summed E-state index contributed by atoms with van der Waals surface area (Å²) in [4.78, 5) is 12.7. The summed E-state index contributed by atoms with van der Waals surface area (Å²) in [6, 6.07) is 0. The largest absolute Gasteiger partial charge is 0.388 e. The highest BCUT2D eigenvalue weighted by Gasteiger charge is 2.51. The van der Waals surface area contributed by atoms with Crippen LogP contribution in [0.4, 0.5) is 0 Å². The molecule has 3 aliphatic rings. The summed E-state index contributed by atoms with van der Waals surface area (Å²) in [5, 5.41) is 20.2. The lowest BCUT2D eigenvalue weighted by Crippen LogP contribution is -2.37. The molecule has 0 saturated heterocycles. The van der Waals surface area contributed by atoms with Gasteiger partial charge in [-0.25, -0.2) is 0 Å². The predicted octanol–water partition coefficient (Wildman–Crippen LogP) is 5.46. The van der Waals surface area contributed by atoms with Gasteiger partial charge in [-0.05, 0) is 80.8 Å². The van der Waals surface area contributed by atoms with Crippen LogP contribution in [0.1, 0.15) is 65.7 Å². The molecular formula is C27H38O3. The van der Waals surface area contributed by atoms with E-state index in [4.69, 9.17) is 0 Å². The van der Waals surface area contributed by atoms with Crippen molar-refractivity contribution in [3.63, 3.8) is 0 Å². The second-order valence-corrected chi connectivity index (χ2v) is 9.75. The zero-order chi connectivity index (χ0) is 21.9. The van der Waals surface area contributed by atoms with Crippen molar-refractivity contribution in [3.8, 4) is 0 Å². The van der Waals surface area contributed by atoms with Gasteiger partial charge in [-0.1, -0.05) is 62.0 Å². The summed E-state index contributed by atoms with van der Waals surface area (Å²) in [6.07, 6.45) is 17.4. The molecule has 6 unspecified atom stereocenters. The first-order valence-electron chi connectivity index (χ1n) is 11.5. The Morgan fingerprint density at radius 1 is 1.17 bits per heavy atom. The molecule has 3 heteroatoms. The molecule has 164 valence electrons. The van der Waals surface area contributed by atoms with Crippen molar-refractivity contribution < 1.29 is 15.0 Å². The van der Waals surface area contributed by atoms with Gasteiger partial charge in [0, 0.05) is 5.92 Å². The minimum Gasteiger partial charge on any atom is -0.388 e. The van der Waals surface area contributed by atoms with E-state index in [0.717, 1.165) is 31.3 Å². The average molecular weight is 411 g/mol. The molecule has 0 heterocycles. The number of hydrogen-bond donors (Lipinski definition) is 2. The summed E-state index contributed by atoms with van der Waals surface area (Å²) in [7, 11) is 0. The number of hydrogen-bond acceptors (Lipinski definition) is 3. The number of allylic oxidation sites excluding steroid dienone is 7. The number of carbonyl (C=O) groups is 1. The molecule has 0 aromatic carbocycles. The quantitative estimate of drug-likeness (QED) is 0.359. The van der Waals surface area contributed by atoms with Crippen molar-refractivity contribution in [3.05, 3.63) is 59.8 Å². The lowest BCUT2D eigenvalue weighted by Gasteiger charge is -2.44. The van der Waals surface area contributed by atoms with Crippen LogP contribution in [0.15, 0.2) is 59.8 Å². The lowest BCUT2D eigenvalue weighted by molar-refractivity contribution is -0.120. The van der Waals surface area contributed by atoms with Gasteiger partial charge in [0.25, 0.3) is 0 Å². The van der Waals surface area contributed by atoms with Crippen LogP contribution < -0.4 is 0 Å². The van der Waals surface area contributed by atoms with Gasteiger partial charge in [0.1, 0.15) is 0 Å². The molecule has 3 saturated carbocycles. The molecule has 3 aliphatic carbocycles. The number of fused-ring (bicyclic) bond motifs is 1. The fraction of sp³-hybridized carbons (Fsp3) is 0.593. The van der Waals surface area contributed by atoms with E-state index in [0.29, 0.717) is 30.3 Å². The highest BCUT2D eigenvalue weighted by Crippen LogP contribution is 2.59. The van der Waals surface area contributed by atoms with Gasteiger partial charge in [0.2, 0.25) is 0 Å². The van der Waals surface area contributed by atoms with Crippen molar-refractivity contribution >= 4 is 5.78 Å². The van der Waals surface area contributed by atoms with E-state index in [1.807, 2.05) is 25.2 Å². The molecule has 0 aliphatic heterocycles. The third-order valence-corrected chi connectivity index (χ3v) is 7.95. The fourth-order valence-corrected chi connectivity index (χ4v) is 6.14. The minimum absolute atomic E-state index is 0.0499. The maximum absolute atomic E-state index is 12.7. The number of aliphatic hydroxyl groups is 2. The normalized spacial score (nSPS) is 37.2. The Bertz CT molecular complexity index is 768. The Kier molecular flexibility index (Phi) is 7.36. The smallest absolute Gasteiger partial charge is 0.158 e. The van der Waals surface area contributed by atoms with E-state index >= 15 is 0 Å². The standard InChI is InChI=1S/C27H38O3/c1-5-6-7-10-24(28)18(2)22-13-14-23-21(9-8-15-27(22,23)4)12-11-20-16-25(29)19(3)26(30)17-20/h5-7,10-12,18,22-23,25-26,29-30H,3,8-9,13-17H2,1-2,4H3. The van der Waals surface area contributed by atoms with Crippen molar-refractivity contribution in [2.45, 2.75) is 77.9 Å². The molecule has 0 amide bonds. The molecule has 2 N–H and O–H groups in total. The Morgan fingerprint density at radius 2 is 1.87 bits per heavy atom. The highest BCUT2D eigenvalue weighted by atomic mass is 16.3. The summed E-state index contributed by atoms with van der Waals surface area (Å²) >= 11 is 0. The van der Waals surface area contributed by atoms with E-state index in [9.17, 15) is 15.0 Å². The monoisotopic (exact) mass is 410 g/mol. The molecule has 30 heavy (non-hydrogen) atoms. The van der Waals surface area contributed by atoms with Gasteiger partial charge in [0.15, 0.2) is 5.78 Å². The molecule has 0 radical (unpaired) electrons. The number of rotatable bonds is 5. The molecule has 6 atom stereocenters. The van der Waals surface area contributed by atoms with Crippen LogP contribution in [0.25, 0.3) is 0 Å². The zero-order valence-electron chi connectivity index (χ0n) is 18.8. The van der Waals surface area contributed by atoms with Crippen molar-refractivity contribution in [2.24, 2.45) is 23.2 Å². The second kappa shape index (κ2) is 9.62. The molecular weight excluding hydrogens is 372 g/mol. The second-order valence-electron chi connectivity index (χ2n) is 9.75. The fourth-order valence-electron chi connectivity index (χ4n) is 6.14. The third-order valence-electron chi connectivity index (χ3n) is 7.95. The van der Waals surface area contributed by atoms with E-state index < -0.39 is 12.2 Å².